The van der Waals surface area contributed by atoms with E-state index in [1.165, 1.54) is 15.6 Å². The molecule has 0 unspecified atom stereocenters. The lowest BCUT2D eigenvalue weighted by molar-refractivity contribution is 0.00456. The Bertz CT molecular complexity index is 678. The first-order chi connectivity index (χ1) is 9.61. The second-order valence-corrected chi connectivity index (χ2v) is 7.94. The maximum Gasteiger partial charge on any atom is 0.252 e. The molecule has 20 heavy (non-hydrogen) atoms. The first-order valence-electron chi connectivity index (χ1n) is 6.41. The van der Waals surface area contributed by atoms with E-state index >= 15 is 0 Å². The molecule has 0 bridgehead atoms. The molecule has 1 aliphatic heterocycles. The molecule has 0 radical (unpaired) electrons. The smallest absolute Gasteiger partial charge is 0.252 e. The lowest BCUT2D eigenvalue weighted by Gasteiger charge is -2.31. The van der Waals surface area contributed by atoms with E-state index in [9.17, 15) is 8.42 Å². The Labute approximate surface area is 122 Å². The van der Waals surface area contributed by atoms with Crippen LogP contribution in [0.15, 0.2) is 34.5 Å². The van der Waals surface area contributed by atoms with Gasteiger partial charge in [0.15, 0.2) is 0 Å². The van der Waals surface area contributed by atoms with Gasteiger partial charge in [-0.05, 0) is 17.5 Å². The predicted octanol–water partition coefficient (Wildman–Crippen LogP) is 1.25. The number of nitrogens with two attached hydrogens (primary N) is 1. The molecule has 7 heteroatoms. The fourth-order valence-corrected chi connectivity index (χ4v) is 5.27. The molecule has 1 aliphatic rings. The molecular formula is C13H16N2O3S2. The van der Waals surface area contributed by atoms with Crippen molar-refractivity contribution in [2.75, 3.05) is 26.2 Å². The number of ether oxygens (including phenoxy) is 1. The molecule has 2 aromatic rings. The Morgan fingerprint density at radius 2 is 2.20 bits per heavy atom. The summed E-state index contributed by atoms with van der Waals surface area (Å²) >= 11 is 1.30. The average molecular weight is 312 g/mol. The zero-order valence-corrected chi connectivity index (χ0v) is 12.5. The molecule has 0 aliphatic carbocycles. The van der Waals surface area contributed by atoms with E-state index in [1.807, 2.05) is 24.3 Å². The monoisotopic (exact) mass is 312 g/mol. The summed E-state index contributed by atoms with van der Waals surface area (Å²) in [5.41, 5.74) is 5.56. The quantitative estimate of drug-likeness (QED) is 0.926. The highest BCUT2D eigenvalue weighted by Crippen LogP contribution is 2.31. The third-order valence-corrected chi connectivity index (χ3v) is 6.79. The fraction of sp³-hybridized carbons (Fsp3) is 0.385. The van der Waals surface area contributed by atoms with E-state index in [4.69, 9.17) is 10.5 Å². The highest BCUT2D eigenvalue weighted by Gasteiger charge is 2.31. The summed E-state index contributed by atoms with van der Waals surface area (Å²) < 4.78 is 33.6. The third-order valence-electron chi connectivity index (χ3n) is 3.36. The van der Waals surface area contributed by atoms with Crippen LogP contribution in [0.1, 0.15) is 0 Å². The van der Waals surface area contributed by atoms with Crippen LogP contribution in [0.5, 0.6) is 0 Å². The van der Waals surface area contributed by atoms with Crippen LogP contribution in [-0.2, 0) is 14.8 Å². The Hall–Kier alpha value is -0.990. The topological polar surface area (TPSA) is 72.6 Å². The van der Waals surface area contributed by atoms with Gasteiger partial charge in [0.2, 0.25) is 0 Å². The van der Waals surface area contributed by atoms with Crippen LogP contribution in [0.25, 0.3) is 10.1 Å². The second-order valence-electron chi connectivity index (χ2n) is 4.69. The number of morpholine rings is 1. The molecule has 2 heterocycles. The van der Waals surface area contributed by atoms with Crippen molar-refractivity contribution in [2.45, 2.75) is 10.3 Å². The summed E-state index contributed by atoms with van der Waals surface area (Å²) in [7, 11) is -3.45. The van der Waals surface area contributed by atoms with Crippen molar-refractivity contribution in [2.24, 2.45) is 5.73 Å². The molecule has 108 valence electrons. The minimum absolute atomic E-state index is 0.215. The van der Waals surface area contributed by atoms with Gasteiger partial charge in [0.1, 0.15) is 4.21 Å². The van der Waals surface area contributed by atoms with Crippen molar-refractivity contribution in [1.29, 1.82) is 0 Å². The summed E-state index contributed by atoms with van der Waals surface area (Å²) in [5, 5.41) is 0.958. The van der Waals surface area contributed by atoms with Crippen LogP contribution in [0.3, 0.4) is 0 Å². The maximum atomic E-state index is 12.7. The zero-order chi connectivity index (χ0) is 14.2. The van der Waals surface area contributed by atoms with E-state index in [0.717, 1.165) is 10.1 Å². The van der Waals surface area contributed by atoms with Gasteiger partial charge >= 0.3 is 0 Å². The molecule has 3 rings (SSSR count). The van der Waals surface area contributed by atoms with Gasteiger partial charge < -0.3 is 10.5 Å². The van der Waals surface area contributed by atoms with Crippen molar-refractivity contribution >= 4 is 31.4 Å². The minimum Gasteiger partial charge on any atom is -0.374 e. The van der Waals surface area contributed by atoms with Crippen molar-refractivity contribution in [3.05, 3.63) is 30.3 Å². The minimum atomic E-state index is -3.45. The second kappa shape index (κ2) is 5.42. The number of rotatable bonds is 3. The van der Waals surface area contributed by atoms with Gasteiger partial charge in [-0.3, -0.25) is 0 Å². The molecule has 2 N–H and O–H groups in total. The summed E-state index contributed by atoms with van der Waals surface area (Å²) in [4.78, 5) is 0. The maximum absolute atomic E-state index is 12.7. The summed E-state index contributed by atoms with van der Waals surface area (Å²) in [6, 6.07) is 9.41. The molecule has 5 nitrogen and oxygen atoms in total. The van der Waals surface area contributed by atoms with Gasteiger partial charge in [0.05, 0.1) is 12.7 Å². The standard InChI is InChI=1S/C13H16N2O3S2/c14-8-11-9-15(5-6-18-11)20(16,17)13-7-10-3-1-2-4-12(10)19-13/h1-4,7,11H,5-6,8-9,14H2/t11-/m1/s1. The van der Waals surface area contributed by atoms with E-state index in [0.29, 0.717) is 30.5 Å². The largest absolute Gasteiger partial charge is 0.374 e. The molecular weight excluding hydrogens is 296 g/mol. The highest BCUT2D eigenvalue weighted by molar-refractivity contribution is 7.91. The van der Waals surface area contributed by atoms with Crippen molar-refractivity contribution in [3.63, 3.8) is 0 Å². The number of sulfonamides is 1. The Kier molecular flexibility index (Phi) is 3.78. The van der Waals surface area contributed by atoms with E-state index < -0.39 is 10.0 Å². The number of thiophene rings is 1. The molecule has 1 fully saturated rings. The van der Waals surface area contributed by atoms with Crippen molar-refractivity contribution in [3.8, 4) is 0 Å². The molecule has 1 atom stereocenters. The average Bonchev–Trinajstić information content (AvgIpc) is 2.92. The molecule has 1 saturated heterocycles. The van der Waals surface area contributed by atoms with Crippen LogP contribution < -0.4 is 5.73 Å². The first-order valence-corrected chi connectivity index (χ1v) is 8.67. The third kappa shape index (κ3) is 2.47. The molecule has 0 spiro atoms. The summed E-state index contributed by atoms with van der Waals surface area (Å²) in [6.45, 7) is 1.44. The normalized spacial score (nSPS) is 21.4. The Morgan fingerprint density at radius 1 is 1.40 bits per heavy atom. The van der Waals surface area contributed by atoms with Gasteiger partial charge in [-0.1, -0.05) is 18.2 Å². The predicted molar refractivity (Wildman–Crippen MR) is 79.4 cm³/mol. The molecule has 1 aromatic heterocycles. The van der Waals surface area contributed by atoms with Crippen LogP contribution in [0, 0.1) is 0 Å². The van der Waals surface area contributed by atoms with Gasteiger partial charge in [-0.25, -0.2) is 8.42 Å². The van der Waals surface area contributed by atoms with Gasteiger partial charge in [0.25, 0.3) is 10.0 Å². The van der Waals surface area contributed by atoms with Crippen LogP contribution >= 0.6 is 11.3 Å². The van der Waals surface area contributed by atoms with Crippen LogP contribution in [-0.4, -0.2) is 45.1 Å². The fourth-order valence-electron chi connectivity index (χ4n) is 2.27. The lowest BCUT2D eigenvalue weighted by Crippen LogP contribution is -2.47. The number of nitrogens with zero attached hydrogens (tertiary/aromatic N) is 1. The van der Waals surface area contributed by atoms with Crippen molar-refractivity contribution < 1.29 is 13.2 Å². The SMILES string of the molecule is NC[C@@H]1CN(S(=O)(=O)c2cc3ccccc3s2)CCO1. The van der Waals surface area contributed by atoms with Crippen molar-refractivity contribution in [1.82, 2.24) is 4.31 Å². The Morgan fingerprint density at radius 3 is 2.95 bits per heavy atom. The summed E-state index contributed by atoms with van der Waals surface area (Å²) in [6.07, 6.45) is -0.215. The van der Waals surface area contributed by atoms with Crippen LogP contribution in [0.2, 0.25) is 0 Å². The Balaban J connectivity index is 1.94. The molecule has 0 amide bonds. The lowest BCUT2D eigenvalue weighted by atomic mass is 10.3. The van der Waals surface area contributed by atoms with Gasteiger partial charge in [-0.15, -0.1) is 11.3 Å². The van der Waals surface area contributed by atoms with Gasteiger partial charge in [0, 0.05) is 24.3 Å². The molecule has 0 saturated carbocycles. The van der Waals surface area contributed by atoms with E-state index in [2.05, 4.69) is 0 Å². The number of hydrogen-bond acceptors (Lipinski definition) is 5. The first kappa shape index (κ1) is 14.0. The van der Waals surface area contributed by atoms with Gasteiger partial charge in [-0.2, -0.15) is 4.31 Å². The zero-order valence-electron chi connectivity index (χ0n) is 10.9. The number of benzene rings is 1. The van der Waals surface area contributed by atoms with E-state index in [1.54, 1.807) is 6.07 Å². The number of fused-ring (bicyclic) bond motifs is 1. The summed E-state index contributed by atoms with van der Waals surface area (Å²) in [5.74, 6) is 0. The molecule has 1 aromatic carbocycles. The highest BCUT2D eigenvalue weighted by atomic mass is 32.2. The van der Waals surface area contributed by atoms with E-state index in [-0.39, 0.29) is 6.10 Å². The van der Waals surface area contributed by atoms with Crippen LogP contribution in [0.4, 0.5) is 0 Å². The number of hydrogen-bond donors (Lipinski definition) is 1.